The smallest absolute Gasteiger partial charge is 0.157 e. The molecule has 0 amide bonds. The van der Waals surface area contributed by atoms with E-state index in [-0.39, 0.29) is 6.29 Å². The van der Waals surface area contributed by atoms with Crippen LogP contribution >= 0.6 is 0 Å². The molecule has 24 heavy (non-hydrogen) atoms. The topological polar surface area (TPSA) is 18.5 Å². The van der Waals surface area contributed by atoms with Crippen LogP contribution in [0.5, 0.6) is 0 Å². The summed E-state index contributed by atoms with van der Waals surface area (Å²) in [5, 5.41) is 0. The van der Waals surface area contributed by atoms with Gasteiger partial charge in [-0.15, -0.1) is 0 Å². The predicted molar refractivity (Wildman–Crippen MR) is 106 cm³/mol. The number of hydrogen-bond acceptors (Lipinski definition) is 2. The highest BCUT2D eigenvalue weighted by Gasteiger charge is 2.07. The predicted octanol–water partition coefficient (Wildman–Crippen LogP) is 7.20. The van der Waals surface area contributed by atoms with E-state index < -0.39 is 0 Å². The molecule has 0 bridgehead atoms. The molecule has 0 saturated heterocycles. The van der Waals surface area contributed by atoms with Crippen molar-refractivity contribution in [3.05, 3.63) is 24.3 Å². The number of hydrogen-bond donors (Lipinski definition) is 0. The summed E-state index contributed by atoms with van der Waals surface area (Å²) in [7, 11) is 0. The molecule has 0 unspecified atom stereocenters. The fourth-order valence-electron chi connectivity index (χ4n) is 2.48. The molecule has 2 heteroatoms. The van der Waals surface area contributed by atoms with Crippen LogP contribution in [0.2, 0.25) is 0 Å². The van der Waals surface area contributed by atoms with Crippen LogP contribution in [0.25, 0.3) is 0 Å². The zero-order chi connectivity index (χ0) is 17.7. The van der Waals surface area contributed by atoms with Crippen molar-refractivity contribution in [2.75, 3.05) is 13.2 Å². The minimum Gasteiger partial charge on any atom is -0.353 e. The average Bonchev–Trinajstić information content (AvgIpc) is 2.60. The summed E-state index contributed by atoms with van der Waals surface area (Å²) in [4.78, 5) is 0. The van der Waals surface area contributed by atoms with Crippen molar-refractivity contribution in [1.82, 2.24) is 0 Å². The van der Waals surface area contributed by atoms with Gasteiger partial charge in [0.25, 0.3) is 0 Å². The quantitative estimate of drug-likeness (QED) is 0.149. The Morgan fingerprint density at radius 3 is 1.75 bits per heavy atom. The summed E-state index contributed by atoms with van der Waals surface area (Å²) in [6, 6.07) is 0. The number of allylic oxidation sites excluding steroid dienone is 4. The molecule has 0 fully saturated rings. The molecule has 0 N–H and O–H groups in total. The first-order valence-electron chi connectivity index (χ1n) is 10.4. The first-order valence-corrected chi connectivity index (χ1v) is 10.4. The number of rotatable bonds is 18. The minimum atomic E-state index is 0.0123. The lowest BCUT2D eigenvalue weighted by molar-refractivity contribution is -0.146. The highest BCUT2D eigenvalue weighted by atomic mass is 16.7. The summed E-state index contributed by atoms with van der Waals surface area (Å²) in [6.07, 6.45) is 23.7. The Morgan fingerprint density at radius 1 is 0.625 bits per heavy atom. The molecular formula is C22H42O2. The fraction of sp³-hybridized carbons (Fsp3) is 0.818. The summed E-state index contributed by atoms with van der Waals surface area (Å²) in [6.45, 7) is 8.16. The van der Waals surface area contributed by atoms with E-state index in [0.29, 0.717) is 0 Å². The summed E-state index contributed by atoms with van der Waals surface area (Å²) in [5.41, 5.74) is 0. The molecule has 0 radical (unpaired) electrons. The van der Waals surface area contributed by atoms with E-state index in [4.69, 9.17) is 9.47 Å². The monoisotopic (exact) mass is 338 g/mol. The largest absolute Gasteiger partial charge is 0.353 e. The van der Waals surface area contributed by atoms with Gasteiger partial charge in [0.1, 0.15) is 0 Å². The van der Waals surface area contributed by atoms with Gasteiger partial charge in [-0.1, -0.05) is 64.3 Å². The standard InChI is InChI=1S/C22H42O2/c1-4-7-8-9-10-11-12-13-14-15-16-17-18-19-22(23-20-5-2)24-21-6-3/h10-11,13-14,22H,4-9,12,15-21H2,1-3H3/b11-10-,14-13-. The molecule has 2 nitrogen and oxygen atoms in total. The van der Waals surface area contributed by atoms with Crippen LogP contribution in [-0.4, -0.2) is 19.5 Å². The van der Waals surface area contributed by atoms with Crippen molar-refractivity contribution in [3.63, 3.8) is 0 Å². The Balaban J connectivity index is 3.50. The molecule has 0 aromatic heterocycles. The Labute approximate surface area is 151 Å². The maximum Gasteiger partial charge on any atom is 0.157 e. The Hall–Kier alpha value is -0.600. The van der Waals surface area contributed by atoms with E-state index in [9.17, 15) is 0 Å². The van der Waals surface area contributed by atoms with Gasteiger partial charge in [-0.2, -0.15) is 0 Å². The molecule has 0 aliphatic heterocycles. The van der Waals surface area contributed by atoms with Crippen LogP contribution in [0, 0.1) is 0 Å². The average molecular weight is 339 g/mol. The van der Waals surface area contributed by atoms with Crippen LogP contribution < -0.4 is 0 Å². The highest BCUT2D eigenvalue weighted by molar-refractivity contribution is 4.92. The maximum atomic E-state index is 5.76. The zero-order valence-corrected chi connectivity index (χ0v) is 16.6. The second kappa shape index (κ2) is 20.4. The van der Waals surface area contributed by atoms with Gasteiger partial charge in [-0.3, -0.25) is 0 Å². The molecule has 0 rings (SSSR count). The Morgan fingerprint density at radius 2 is 1.21 bits per heavy atom. The molecular weight excluding hydrogens is 296 g/mol. The molecule has 0 aromatic carbocycles. The van der Waals surface area contributed by atoms with Gasteiger partial charge in [0.15, 0.2) is 6.29 Å². The number of unbranched alkanes of at least 4 members (excludes halogenated alkanes) is 6. The third-order valence-corrected chi connectivity index (χ3v) is 3.91. The molecule has 0 aromatic rings. The second-order valence-electron chi connectivity index (χ2n) is 6.48. The molecule has 0 aliphatic rings. The van der Waals surface area contributed by atoms with Gasteiger partial charge in [0, 0.05) is 13.2 Å². The summed E-state index contributed by atoms with van der Waals surface area (Å²) in [5.74, 6) is 0. The van der Waals surface area contributed by atoms with Crippen molar-refractivity contribution in [1.29, 1.82) is 0 Å². The lowest BCUT2D eigenvalue weighted by atomic mass is 10.1. The molecule has 0 saturated carbocycles. The van der Waals surface area contributed by atoms with E-state index in [1.54, 1.807) is 0 Å². The van der Waals surface area contributed by atoms with Crippen molar-refractivity contribution in [2.45, 2.75) is 104 Å². The van der Waals surface area contributed by atoms with Gasteiger partial charge in [0.05, 0.1) is 0 Å². The third kappa shape index (κ3) is 17.7. The first-order chi connectivity index (χ1) is 11.8. The molecule has 0 atom stereocenters. The van der Waals surface area contributed by atoms with Crippen LogP contribution in [-0.2, 0) is 9.47 Å². The lowest BCUT2D eigenvalue weighted by Crippen LogP contribution is -2.18. The Kier molecular flexibility index (Phi) is 19.9. The van der Waals surface area contributed by atoms with Crippen LogP contribution in [0.15, 0.2) is 24.3 Å². The highest BCUT2D eigenvalue weighted by Crippen LogP contribution is 2.11. The zero-order valence-electron chi connectivity index (χ0n) is 16.6. The van der Waals surface area contributed by atoms with Crippen molar-refractivity contribution in [2.24, 2.45) is 0 Å². The first kappa shape index (κ1) is 23.4. The van der Waals surface area contributed by atoms with Crippen molar-refractivity contribution in [3.8, 4) is 0 Å². The fourth-order valence-corrected chi connectivity index (χ4v) is 2.48. The molecule has 142 valence electrons. The van der Waals surface area contributed by atoms with E-state index >= 15 is 0 Å². The van der Waals surface area contributed by atoms with Crippen molar-refractivity contribution >= 4 is 0 Å². The summed E-state index contributed by atoms with van der Waals surface area (Å²) < 4.78 is 11.5. The van der Waals surface area contributed by atoms with Gasteiger partial charge >= 0.3 is 0 Å². The van der Waals surface area contributed by atoms with Gasteiger partial charge in [-0.25, -0.2) is 0 Å². The van der Waals surface area contributed by atoms with E-state index in [1.807, 2.05) is 0 Å². The van der Waals surface area contributed by atoms with Gasteiger partial charge < -0.3 is 9.47 Å². The lowest BCUT2D eigenvalue weighted by Gasteiger charge is -2.17. The van der Waals surface area contributed by atoms with Crippen LogP contribution in [0.3, 0.4) is 0 Å². The molecule has 0 spiro atoms. The van der Waals surface area contributed by atoms with Crippen LogP contribution in [0.4, 0.5) is 0 Å². The van der Waals surface area contributed by atoms with Crippen molar-refractivity contribution < 1.29 is 9.47 Å². The van der Waals surface area contributed by atoms with E-state index in [1.165, 1.54) is 51.4 Å². The third-order valence-electron chi connectivity index (χ3n) is 3.91. The number of ether oxygens (including phenoxy) is 2. The normalized spacial score (nSPS) is 12.2. The summed E-state index contributed by atoms with van der Waals surface area (Å²) >= 11 is 0. The van der Waals surface area contributed by atoms with Gasteiger partial charge in [-0.05, 0) is 57.8 Å². The van der Waals surface area contributed by atoms with Gasteiger partial charge in [0.2, 0.25) is 0 Å². The Bertz CT molecular complexity index is 276. The SMILES string of the molecule is CCCCC/C=C\C/C=C\CCCCCC(OCCC)OCCC. The van der Waals surface area contributed by atoms with E-state index in [2.05, 4.69) is 45.1 Å². The van der Waals surface area contributed by atoms with E-state index in [0.717, 1.165) is 38.9 Å². The molecule has 0 aliphatic carbocycles. The minimum absolute atomic E-state index is 0.0123. The molecule has 0 heterocycles. The maximum absolute atomic E-state index is 5.76. The second-order valence-corrected chi connectivity index (χ2v) is 6.48. The van der Waals surface area contributed by atoms with Crippen LogP contribution in [0.1, 0.15) is 97.8 Å².